The number of anilines is 1. The van der Waals surface area contributed by atoms with Crippen LogP contribution in [0.5, 0.6) is 0 Å². The van der Waals surface area contributed by atoms with Crippen molar-refractivity contribution in [2.45, 2.75) is 26.7 Å². The van der Waals surface area contributed by atoms with Gasteiger partial charge >= 0.3 is 0 Å². The summed E-state index contributed by atoms with van der Waals surface area (Å²) in [5, 5.41) is 2.95. The van der Waals surface area contributed by atoms with Gasteiger partial charge in [-0.3, -0.25) is 4.79 Å². The lowest BCUT2D eigenvalue weighted by atomic mass is 9.82. The molecule has 1 amide bonds. The zero-order valence-electron chi connectivity index (χ0n) is 11.4. The normalized spacial score (nSPS) is 18.5. The van der Waals surface area contributed by atoms with Crippen molar-refractivity contribution < 1.29 is 4.79 Å². The van der Waals surface area contributed by atoms with Crippen molar-refractivity contribution in [3.8, 4) is 0 Å². The second-order valence-electron chi connectivity index (χ2n) is 5.64. The molecule has 0 aliphatic carbocycles. The first-order chi connectivity index (χ1) is 8.52. The van der Waals surface area contributed by atoms with Crippen molar-refractivity contribution in [3.63, 3.8) is 0 Å². The maximum Gasteiger partial charge on any atom is 0.255 e. The number of carbonyl (C=O) groups excluding carboxylic acids is 1. The summed E-state index contributed by atoms with van der Waals surface area (Å²) in [4.78, 5) is 18.4. The van der Waals surface area contributed by atoms with Crippen molar-refractivity contribution in [2.24, 2.45) is 5.41 Å². The van der Waals surface area contributed by atoms with E-state index in [9.17, 15) is 4.79 Å². The van der Waals surface area contributed by atoms with E-state index in [0.29, 0.717) is 11.0 Å². The number of aromatic nitrogens is 1. The van der Waals surface area contributed by atoms with E-state index in [1.165, 1.54) is 0 Å². The lowest BCUT2D eigenvalue weighted by Crippen LogP contribution is -2.41. The van der Waals surface area contributed by atoms with E-state index in [-0.39, 0.29) is 5.91 Å². The van der Waals surface area contributed by atoms with Crippen LogP contribution in [0, 0.1) is 5.41 Å². The van der Waals surface area contributed by atoms with Crippen LogP contribution in [0.15, 0.2) is 18.3 Å². The Kier molecular flexibility index (Phi) is 3.55. The van der Waals surface area contributed by atoms with E-state index >= 15 is 0 Å². The second kappa shape index (κ2) is 4.96. The average molecular weight is 247 g/mol. The van der Waals surface area contributed by atoms with Gasteiger partial charge in [-0.1, -0.05) is 13.8 Å². The molecule has 0 bridgehead atoms. The topological polar surface area (TPSA) is 45.2 Å². The second-order valence-corrected chi connectivity index (χ2v) is 5.64. The number of nitrogens with zero attached hydrogens (tertiary/aromatic N) is 2. The van der Waals surface area contributed by atoms with Crippen molar-refractivity contribution in [3.05, 3.63) is 23.9 Å². The maximum atomic E-state index is 12.3. The minimum atomic E-state index is 0.0978. The molecule has 1 fully saturated rings. The van der Waals surface area contributed by atoms with E-state index in [1.807, 2.05) is 24.1 Å². The van der Waals surface area contributed by atoms with Crippen LogP contribution in [0.1, 0.15) is 37.0 Å². The molecule has 0 radical (unpaired) electrons. The molecule has 2 rings (SSSR count). The van der Waals surface area contributed by atoms with Crippen LogP contribution in [0.2, 0.25) is 0 Å². The fourth-order valence-corrected chi connectivity index (χ4v) is 2.17. The molecule has 2 heterocycles. The van der Waals surface area contributed by atoms with Crippen molar-refractivity contribution in [1.29, 1.82) is 0 Å². The molecule has 1 aromatic heterocycles. The molecule has 0 aromatic carbocycles. The lowest BCUT2D eigenvalue weighted by molar-refractivity contribution is 0.0630. The van der Waals surface area contributed by atoms with E-state index in [1.54, 1.807) is 6.20 Å². The molecule has 0 saturated carbocycles. The molecule has 0 atom stereocenters. The largest absolute Gasteiger partial charge is 0.373 e. The summed E-state index contributed by atoms with van der Waals surface area (Å²) in [6.07, 6.45) is 3.79. The molecule has 0 unspecified atom stereocenters. The molecule has 1 N–H and O–H groups in total. The molecule has 18 heavy (non-hydrogen) atoms. The molecular weight excluding hydrogens is 226 g/mol. The molecule has 1 saturated heterocycles. The smallest absolute Gasteiger partial charge is 0.255 e. The number of amides is 1. The Balaban J connectivity index is 2.03. The predicted octanol–water partition coefficient (Wildman–Crippen LogP) is 2.39. The van der Waals surface area contributed by atoms with Crippen LogP contribution >= 0.6 is 0 Å². The first-order valence-electron chi connectivity index (χ1n) is 6.45. The minimum absolute atomic E-state index is 0.0978. The van der Waals surface area contributed by atoms with Gasteiger partial charge in [0, 0.05) is 26.3 Å². The molecule has 1 aliphatic heterocycles. The van der Waals surface area contributed by atoms with Gasteiger partial charge < -0.3 is 10.2 Å². The van der Waals surface area contributed by atoms with Crippen molar-refractivity contribution in [2.75, 3.05) is 25.5 Å². The molecule has 98 valence electrons. The van der Waals surface area contributed by atoms with Gasteiger partial charge in [0.15, 0.2) is 0 Å². The Morgan fingerprint density at radius 2 is 2.00 bits per heavy atom. The van der Waals surface area contributed by atoms with Gasteiger partial charge in [0.05, 0.1) is 5.56 Å². The summed E-state index contributed by atoms with van der Waals surface area (Å²) in [6, 6.07) is 3.67. The van der Waals surface area contributed by atoms with Gasteiger partial charge in [0.1, 0.15) is 5.82 Å². The quantitative estimate of drug-likeness (QED) is 0.872. The van der Waals surface area contributed by atoms with Crippen molar-refractivity contribution in [1.82, 2.24) is 9.88 Å². The molecular formula is C14H21N3O. The van der Waals surface area contributed by atoms with Gasteiger partial charge in [-0.05, 0) is 30.4 Å². The molecule has 4 nitrogen and oxygen atoms in total. The van der Waals surface area contributed by atoms with E-state index in [4.69, 9.17) is 0 Å². The third-order valence-electron chi connectivity index (χ3n) is 3.67. The summed E-state index contributed by atoms with van der Waals surface area (Å²) in [5.41, 5.74) is 1.04. The Morgan fingerprint density at radius 1 is 1.33 bits per heavy atom. The molecule has 1 aromatic rings. The highest BCUT2D eigenvalue weighted by Crippen LogP contribution is 2.30. The highest BCUT2D eigenvalue weighted by atomic mass is 16.2. The van der Waals surface area contributed by atoms with Gasteiger partial charge in [0.2, 0.25) is 0 Å². The molecule has 0 spiro atoms. The van der Waals surface area contributed by atoms with Gasteiger partial charge in [0.25, 0.3) is 5.91 Å². The average Bonchev–Trinajstić information content (AvgIpc) is 2.38. The fraction of sp³-hybridized carbons (Fsp3) is 0.571. The van der Waals surface area contributed by atoms with Crippen molar-refractivity contribution >= 4 is 11.7 Å². The third kappa shape index (κ3) is 2.81. The van der Waals surface area contributed by atoms with E-state index < -0.39 is 0 Å². The zero-order chi connectivity index (χ0) is 13.2. The number of pyridine rings is 1. The summed E-state index contributed by atoms with van der Waals surface area (Å²) >= 11 is 0. The Hall–Kier alpha value is -1.58. The third-order valence-corrected chi connectivity index (χ3v) is 3.67. The number of hydrogen-bond acceptors (Lipinski definition) is 3. The molecule has 4 heteroatoms. The monoisotopic (exact) mass is 247 g/mol. The standard InChI is InChI=1S/C14H21N3O/c1-14(2)6-8-17(9-7-14)13(18)11-4-5-12(15-3)16-10-11/h4-5,10H,6-9H2,1-3H3,(H,15,16). The Labute approximate surface area is 108 Å². The van der Waals surface area contributed by atoms with Crippen LogP contribution in [-0.4, -0.2) is 35.9 Å². The first kappa shape index (κ1) is 12.9. The minimum Gasteiger partial charge on any atom is -0.373 e. The van der Waals surface area contributed by atoms with Crippen LogP contribution in [-0.2, 0) is 0 Å². The first-order valence-corrected chi connectivity index (χ1v) is 6.45. The maximum absolute atomic E-state index is 12.3. The fourth-order valence-electron chi connectivity index (χ4n) is 2.17. The molecule has 1 aliphatic rings. The predicted molar refractivity (Wildman–Crippen MR) is 72.7 cm³/mol. The number of likely N-dealkylation sites (tertiary alicyclic amines) is 1. The van der Waals surface area contributed by atoms with Crippen LogP contribution in [0.25, 0.3) is 0 Å². The zero-order valence-corrected chi connectivity index (χ0v) is 11.4. The highest BCUT2D eigenvalue weighted by Gasteiger charge is 2.28. The SMILES string of the molecule is CNc1ccc(C(=O)N2CCC(C)(C)CC2)cn1. The number of nitrogens with one attached hydrogen (secondary N) is 1. The van der Waals surface area contributed by atoms with Crippen LogP contribution in [0.3, 0.4) is 0 Å². The van der Waals surface area contributed by atoms with Gasteiger partial charge in [-0.25, -0.2) is 4.98 Å². The highest BCUT2D eigenvalue weighted by molar-refractivity contribution is 5.94. The van der Waals surface area contributed by atoms with Crippen LogP contribution in [0.4, 0.5) is 5.82 Å². The van der Waals surface area contributed by atoms with E-state index in [0.717, 1.165) is 31.7 Å². The van der Waals surface area contributed by atoms with E-state index in [2.05, 4.69) is 24.1 Å². The number of hydrogen-bond donors (Lipinski definition) is 1. The number of carbonyl (C=O) groups is 1. The van der Waals surface area contributed by atoms with Gasteiger partial charge in [-0.15, -0.1) is 0 Å². The summed E-state index contributed by atoms with van der Waals surface area (Å²) in [7, 11) is 1.82. The van der Waals surface area contributed by atoms with Crippen LogP contribution < -0.4 is 5.32 Å². The summed E-state index contributed by atoms with van der Waals surface area (Å²) < 4.78 is 0. The number of piperidine rings is 1. The summed E-state index contributed by atoms with van der Waals surface area (Å²) in [6.45, 7) is 6.22. The van der Waals surface area contributed by atoms with Gasteiger partial charge in [-0.2, -0.15) is 0 Å². The summed E-state index contributed by atoms with van der Waals surface area (Å²) in [5.74, 6) is 0.881. The Bertz CT molecular complexity index is 415. The Morgan fingerprint density at radius 3 is 2.50 bits per heavy atom. The number of rotatable bonds is 2. The lowest BCUT2D eigenvalue weighted by Gasteiger charge is -2.36.